The zero-order valence-corrected chi connectivity index (χ0v) is 15.6. The van der Waals surface area contributed by atoms with Gasteiger partial charge in [0.15, 0.2) is 0 Å². The number of rotatable bonds is 4. The fourth-order valence-electron chi connectivity index (χ4n) is 1.83. The number of benzene rings is 2. The number of phenolic OH excluding ortho intramolecular Hbond substituents is 1. The Balaban J connectivity index is 0.000000321. The van der Waals surface area contributed by atoms with Crippen molar-refractivity contribution in [3.8, 4) is 5.75 Å². The van der Waals surface area contributed by atoms with Gasteiger partial charge in [-0.25, -0.2) is 4.79 Å². The van der Waals surface area contributed by atoms with Crippen LogP contribution in [0.25, 0.3) is 12.2 Å². The number of carbonyl (C=O) groups excluding carboxylic acids is 1. The highest BCUT2D eigenvalue weighted by Gasteiger charge is 2.12. The van der Waals surface area contributed by atoms with Crippen LogP contribution in [0.1, 0.15) is 31.9 Å². The summed E-state index contributed by atoms with van der Waals surface area (Å²) >= 11 is 0. The number of hydrogen-bond donors (Lipinski definition) is 1. The van der Waals surface area contributed by atoms with Crippen LogP contribution in [0.4, 0.5) is 0 Å². The van der Waals surface area contributed by atoms with E-state index in [2.05, 4.69) is 24.8 Å². The molecule has 2 aromatic carbocycles. The van der Waals surface area contributed by atoms with Crippen LogP contribution in [0.5, 0.6) is 5.75 Å². The molecule has 0 heterocycles. The summed E-state index contributed by atoms with van der Waals surface area (Å²) in [5.41, 5.74) is 1.86. The molecule has 136 valence electrons. The molecule has 0 bridgehead atoms. The molecular formula is C23H26O3. The van der Waals surface area contributed by atoms with Crippen LogP contribution < -0.4 is 0 Å². The molecular weight excluding hydrogens is 324 g/mol. The van der Waals surface area contributed by atoms with E-state index in [1.165, 1.54) is 5.56 Å². The first-order valence-corrected chi connectivity index (χ1v) is 8.34. The van der Waals surface area contributed by atoms with E-state index in [4.69, 9.17) is 9.84 Å². The van der Waals surface area contributed by atoms with Crippen molar-refractivity contribution in [1.82, 2.24) is 0 Å². The van der Waals surface area contributed by atoms with Gasteiger partial charge in [-0.3, -0.25) is 0 Å². The summed E-state index contributed by atoms with van der Waals surface area (Å²) < 4.78 is 4.83. The summed E-state index contributed by atoms with van der Waals surface area (Å²) in [6, 6.07) is 17.3. The highest BCUT2D eigenvalue weighted by Crippen LogP contribution is 2.11. The van der Waals surface area contributed by atoms with Crippen molar-refractivity contribution in [3.05, 3.63) is 90.5 Å². The molecule has 26 heavy (non-hydrogen) atoms. The normalized spacial score (nSPS) is 11.0. The molecule has 3 nitrogen and oxygen atoms in total. The predicted molar refractivity (Wildman–Crippen MR) is 109 cm³/mol. The van der Waals surface area contributed by atoms with Crippen molar-refractivity contribution in [1.29, 1.82) is 0 Å². The molecule has 0 aliphatic heterocycles. The predicted octanol–water partition coefficient (Wildman–Crippen LogP) is 5.63. The molecule has 0 aliphatic rings. The lowest BCUT2D eigenvalue weighted by molar-refractivity contribution is -0.148. The van der Waals surface area contributed by atoms with Gasteiger partial charge >= 0.3 is 5.97 Å². The Hall–Kier alpha value is -3.07. The number of esters is 1. The van der Waals surface area contributed by atoms with Crippen LogP contribution in [-0.2, 0) is 9.53 Å². The lowest BCUT2D eigenvalue weighted by atomic mass is 10.2. The number of phenols is 1. The standard InChI is InChI=1S/C16H14O.C7H12O2/c17-16-12-10-15(11-13-16)9-5-4-8-14-6-2-1-3-7-14;1-5-6(8)9-7(2,3)4/h1-13,17H;5H,1H2,2-4H3. The molecule has 0 amide bonds. The molecule has 1 N–H and O–H groups in total. The van der Waals surface area contributed by atoms with Gasteiger partial charge in [0, 0.05) is 6.08 Å². The second-order valence-corrected chi connectivity index (χ2v) is 6.46. The maximum atomic E-state index is 10.5. The van der Waals surface area contributed by atoms with Gasteiger partial charge in [-0.15, -0.1) is 0 Å². The van der Waals surface area contributed by atoms with Crippen LogP contribution in [0.3, 0.4) is 0 Å². The Morgan fingerprint density at radius 3 is 1.85 bits per heavy atom. The highest BCUT2D eigenvalue weighted by molar-refractivity contribution is 5.81. The number of aromatic hydroxyl groups is 1. The van der Waals surface area contributed by atoms with Gasteiger partial charge in [0.1, 0.15) is 11.4 Å². The maximum absolute atomic E-state index is 10.5. The monoisotopic (exact) mass is 350 g/mol. The van der Waals surface area contributed by atoms with Gasteiger partial charge in [-0.05, 0) is 44.0 Å². The fraction of sp³-hybridized carbons (Fsp3) is 0.174. The molecule has 0 fully saturated rings. The first kappa shape index (κ1) is 21.0. The fourth-order valence-corrected chi connectivity index (χ4v) is 1.83. The Morgan fingerprint density at radius 1 is 0.923 bits per heavy atom. The minimum atomic E-state index is -0.398. The summed E-state index contributed by atoms with van der Waals surface area (Å²) in [4.78, 5) is 10.5. The van der Waals surface area contributed by atoms with Gasteiger partial charge in [0.25, 0.3) is 0 Å². The number of ether oxygens (including phenoxy) is 1. The van der Waals surface area contributed by atoms with E-state index < -0.39 is 5.60 Å². The van der Waals surface area contributed by atoms with E-state index in [0.29, 0.717) is 5.75 Å². The van der Waals surface area contributed by atoms with E-state index in [1.807, 2.05) is 69.3 Å². The van der Waals surface area contributed by atoms with Gasteiger partial charge in [-0.1, -0.05) is 73.3 Å². The Bertz CT molecular complexity index is 733. The zero-order chi connectivity index (χ0) is 19.4. The van der Waals surface area contributed by atoms with Crippen molar-refractivity contribution < 1.29 is 14.6 Å². The van der Waals surface area contributed by atoms with E-state index in [-0.39, 0.29) is 5.97 Å². The minimum absolute atomic E-state index is 0.293. The summed E-state index contributed by atoms with van der Waals surface area (Å²) in [6.07, 6.45) is 9.20. The quantitative estimate of drug-likeness (QED) is 0.441. The molecule has 0 aliphatic carbocycles. The molecule has 0 aromatic heterocycles. The average Bonchev–Trinajstić information content (AvgIpc) is 2.60. The van der Waals surface area contributed by atoms with Crippen molar-refractivity contribution in [3.63, 3.8) is 0 Å². The highest BCUT2D eigenvalue weighted by atomic mass is 16.6. The lowest BCUT2D eigenvalue weighted by Gasteiger charge is -2.17. The SMILES string of the molecule is C=CC(=O)OC(C)(C)C.Oc1ccc(C=CC=Cc2ccccc2)cc1. The van der Waals surface area contributed by atoms with E-state index in [1.54, 1.807) is 12.1 Å². The van der Waals surface area contributed by atoms with Crippen LogP contribution in [0.15, 0.2) is 79.4 Å². The van der Waals surface area contributed by atoms with Crippen molar-refractivity contribution in [2.24, 2.45) is 0 Å². The lowest BCUT2D eigenvalue weighted by Crippen LogP contribution is -2.22. The van der Waals surface area contributed by atoms with E-state index in [0.717, 1.165) is 11.6 Å². The zero-order valence-electron chi connectivity index (χ0n) is 15.6. The Kier molecular flexibility index (Phi) is 8.65. The van der Waals surface area contributed by atoms with Crippen molar-refractivity contribution in [2.75, 3.05) is 0 Å². The first-order chi connectivity index (χ1) is 12.3. The summed E-state index contributed by atoms with van der Waals surface area (Å²) in [7, 11) is 0. The average molecular weight is 350 g/mol. The maximum Gasteiger partial charge on any atom is 0.330 e. The summed E-state index contributed by atoms with van der Waals surface area (Å²) in [5.74, 6) is -0.0792. The van der Waals surface area contributed by atoms with Crippen LogP contribution >= 0.6 is 0 Å². The minimum Gasteiger partial charge on any atom is -0.508 e. The van der Waals surface area contributed by atoms with E-state index in [9.17, 15) is 4.79 Å². The third-order valence-corrected chi connectivity index (χ3v) is 2.95. The number of carbonyl (C=O) groups is 1. The van der Waals surface area contributed by atoms with Crippen LogP contribution in [0.2, 0.25) is 0 Å². The van der Waals surface area contributed by atoms with Gasteiger partial charge in [0.05, 0.1) is 0 Å². The second-order valence-electron chi connectivity index (χ2n) is 6.46. The van der Waals surface area contributed by atoms with Crippen molar-refractivity contribution >= 4 is 18.1 Å². The number of hydrogen-bond acceptors (Lipinski definition) is 3. The smallest absolute Gasteiger partial charge is 0.330 e. The third kappa shape index (κ3) is 9.93. The Labute approximate surface area is 156 Å². The van der Waals surface area contributed by atoms with Crippen LogP contribution in [-0.4, -0.2) is 16.7 Å². The van der Waals surface area contributed by atoms with Gasteiger partial charge in [-0.2, -0.15) is 0 Å². The summed E-state index contributed by atoms with van der Waals surface area (Å²) in [5, 5.41) is 9.14. The second kappa shape index (κ2) is 10.7. The molecule has 2 rings (SSSR count). The van der Waals surface area contributed by atoms with Crippen LogP contribution in [0, 0.1) is 0 Å². The molecule has 0 spiro atoms. The largest absolute Gasteiger partial charge is 0.508 e. The third-order valence-electron chi connectivity index (χ3n) is 2.95. The van der Waals surface area contributed by atoms with Gasteiger partial charge in [0.2, 0.25) is 0 Å². The summed E-state index contributed by atoms with van der Waals surface area (Å²) in [6.45, 7) is 8.71. The molecule has 2 aromatic rings. The first-order valence-electron chi connectivity index (χ1n) is 8.34. The molecule has 0 saturated carbocycles. The van der Waals surface area contributed by atoms with E-state index >= 15 is 0 Å². The van der Waals surface area contributed by atoms with Gasteiger partial charge < -0.3 is 9.84 Å². The van der Waals surface area contributed by atoms with Crippen molar-refractivity contribution in [2.45, 2.75) is 26.4 Å². The Morgan fingerprint density at radius 2 is 1.42 bits per heavy atom. The molecule has 0 radical (unpaired) electrons. The number of allylic oxidation sites excluding steroid dienone is 2. The molecule has 0 saturated heterocycles. The topological polar surface area (TPSA) is 46.5 Å². The molecule has 0 unspecified atom stereocenters. The molecule has 0 atom stereocenters. The molecule has 3 heteroatoms.